The number of fused-ring (bicyclic) bond motifs is 4. The summed E-state index contributed by atoms with van der Waals surface area (Å²) in [7, 11) is 0. The molecule has 0 radical (unpaired) electrons. The Bertz CT molecular complexity index is 2040. The number of piperidine rings is 1. The average molecular weight is 626 g/mol. The van der Waals surface area contributed by atoms with E-state index in [-0.39, 0.29) is 29.9 Å². The number of urea groups is 1. The van der Waals surface area contributed by atoms with Crippen LogP contribution in [-0.2, 0) is 0 Å². The van der Waals surface area contributed by atoms with E-state index in [4.69, 9.17) is 14.7 Å². The van der Waals surface area contributed by atoms with Crippen molar-refractivity contribution in [1.82, 2.24) is 40.7 Å². The molecule has 13 heteroatoms. The second-order valence-corrected chi connectivity index (χ2v) is 13.3. The minimum atomic E-state index is -0.900. The maximum atomic E-state index is 17.0. The van der Waals surface area contributed by atoms with Crippen molar-refractivity contribution in [2.24, 2.45) is 0 Å². The van der Waals surface area contributed by atoms with Gasteiger partial charge in [-0.3, -0.25) is 15.0 Å². The van der Waals surface area contributed by atoms with E-state index in [0.29, 0.717) is 49.4 Å². The van der Waals surface area contributed by atoms with Gasteiger partial charge in [0.05, 0.1) is 28.2 Å². The highest BCUT2D eigenvalue weighted by Gasteiger charge is 2.49. The van der Waals surface area contributed by atoms with Crippen molar-refractivity contribution >= 4 is 44.4 Å². The van der Waals surface area contributed by atoms with Gasteiger partial charge in [0.1, 0.15) is 29.8 Å². The molecule has 0 saturated carbocycles. The molecule has 11 nitrogen and oxygen atoms in total. The predicted molar refractivity (Wildman–Crippen MR) is 169 cm³/mol. The Morgan fingerprint density at radius 3 is 2.85 bits per heavy atom. The standard InChI is InChI=1S/C33H33F2N9O2/c34-20-12-33(8-4-10-44(33)15-20)18-46-31-39-27-23(29(40-31)43-9-3-7-32(17-43)16-37-30(45)41-32)13-36-28(26(27)35)25-21-6-2-1-5-19(21)11-24-22(25)14-38-42-24/h1-2,5-6,11,13-14,20H,3-4,7-10,12,15-18H2,(H,38,42)(H2,37,41,45)/t20-,32?,33+/m1/s1. The maximum absolute atomic E-state index is 17.0. The number of hydrogen-bond donors (Lipinski definition) is 3. The zero-order valence-electron chi connectivity index (χ0n) is 25.2. The molecule has 1 unspecified atom stereocenters. The smallest absolute Gasteiger partial charge is 0.319 e. The molecule has 236 valence electrons. The number of rotatable bonds is 5. The Balaban J connectivity index is 1.19. The van der Waals surface area contributed by atoms with E-state index < -0.39 is 23.1 Å². The van der Waals surface area contributed by atoms with Gasteiger partial charge >= 0.3 is 12.0 Å². The van der Waals surface area contributed by atoms with Gasteiger partial charge in [0, 0.05) is 49.7 Å². The topological polar surface area (TPSA) is 124 Å². The number of carbonyl (C=O) groups excluding carboxylic acids is 1. The molecule has 3 atom stereocenters. The summed E-state index contributed by atoms with van der Waals surface area (Å²) in [6.45, 7) is 3.10. The fourth-order valence-corrected chi connectivity index (χ4v) is 8.30. The second kappa shape index (κ2) is 10.2. The maximum Gasteiger partial charge on any atom is 0.319 e. The van der Waals surface area contributed by atoms with Crippen LogP contribution in [0, 0.1) is 5.82 Å². The number of ether oxygens (including phenoxy) is 1. The molecule has 1 spiro atoms. The van der Waals surface area contributed by atoms with E-state index in [2.05, 4.69) is 35.6 Å². The van der Waals surface area contributed by atoms with Crippen molar-refractivity contribution in [3.8, 4) is 17.3 Å². The van der Waals surface area contributed by atoms with Crippen LogP contribution >= 0.6 is 0 Å². The number of nitrogens with zero attached hydrogens (tertiary/aromatic N) is 6. The summed E-state index contributed by atoms with van der Waals surface area (Å²) in [5.41, 5.74) is 0.782. The Morgan fingerprint density at radius 1 is 1.07 bits per heavy atom. The largest absolute Gasteiger partial charge is 0.461 e. The van der Waals surface area contributed by atoms with Crippen molar-refractivity contribution in [2.75, 3.05) is 44.2 Å². The summed E-state index contributed by atoms with van der Waals surface area (Å²) in [5.74, 6) is -0.0853. The Kier molecular flexibility index (Phi) is 6.12. The highest BCUT2D eigenvalue weighted by molar-refractivity contribution is 6.11. The van der Waals surface area contributed by atoms with Crippen molar-refractivity contribution in [2.45, 2.75) is 49.4 Å². The lowest BCUT2D eigenvalue weighted by atomic mass is 9.90. The molecule has 4 fully saturated rings. The van der Waals surface area contributed by atoms with Crippen LogP contribution in [-0.4, -0.2) is 92.7 Å². The monoisotopic (exact) mass is 625 g/mol. The third-order valence-corrected chi connectivity index (χ3v) is 10.4. The molecule has 3 N–H and O–H groups in total. The Morgan fingerprint density at radius 2 is 1.96 bits per heavy atom. The van der Waals surface area contributed by atoms with Gasteiger partial charge in [0.2, 0.25) is 0 Å². The molecule has 4 aliphatic heterocycles. The number of alkyl halides is 1. The molecule has 9 rings (SSSR count). The van der Waals surface area contributed by atoms with E-state index in [1.54, 1.807) is 12.4 Å². The summed E-state index contributed by atoms with van der Waals surface area (Å²) in [4.78, 5) is 30.6. The lowest BCUT2D eigenvalue weighted by Crippen LogP contribution is -2.56. The molecule has 2 amide bonds. The number of pyridine rings is 1. The molecule has 3 aromatic heterocycles. The van der Waals surface area contributed by atoms with E-state index in [9.17, 15) is 9.18 Å². The van der Waals surface area contributed by atoms with Crippen LogP contribution in [0.2, 0.25) is 0 Å². The van der Waals surface area contributed by atoms with Crippen molar-refractivity contribution in [3.05, 3.63) is 48.5 Å². The van der Waals surface area contributed by atoms with Crippen LogP contribution in [0.4, 0.5) is 19.4 Å². The summed E-state index contributed by atoms with van der Waals surface area (Å²) in [6, 6.07) is 9.63. The minimum absolute atomic E-state index is 0.0432. The van der Waals surface area contributed by atoms with E-state index in [1.165, 1.54) is 0 Å². The van der Waals surface area contributed by atoms with Gasteiger partial charge in [-0.25, -0.2) is 13.6 Å². The van der Waals surface area contributed by atoms with Crippen LogP contribution in [0.3, 0.4) is 0 Å². The summed E-state index contributed by atoms with van der Waals surface area (Å²) in [6.07, 6.45) is 6.26. The summed E-state index contributed by atoms with van der Waals surface area (Å²) >= 11 is 0. The fourth-order valence-electron chi connectivity index (χ4n) is 8.30. The van der Waals surface area contributed by atoms with Crippen LogP contribution in [0.5, 0.6) is 6.01 Å². The van der Waals surface area contributed by atoms with Crippen molar-refractivity contribution in [3.63, 3.8) is 0 Å². The molecule has 2 aromatic carbocycles. The van der Waals surface area contributed by atoms with Crippen molar-refractivity contribution < 1.29 is 18.3 Å². The Labute approximate surface area is 262 Å². The zero-order chi connectivity index (χ0) is 31.0. The van der Waals surface area contributed by atoms with Crippen LogP contribution in [0.1, 0.15) is 32.1 Å². The average Bonchev–Trinajstić information content (AvgIpc) is 3.83. The number of benzene rings is 2. The van der Waals surface area contributed by atoms with Gasteiger partial charge in [0.25, 0.3) is 0 Å². The van der Waals surface area contributed by atoms with E-state index in [1.807, 2.05) is 30.3 Å². The molecule has 0 bridgehead atoms. The summed E-state index contributed by atoms with van der Waals surface area (Å²) < 4.78 is 37.8. The van der Waals surface area contributed by atoms with Crippen molar-refractivity contribution in [1.29, 1.82) is 0 Å². The van der Waals surface area contributed by atoms with Gasteiger partial charge in [-0.1, -0.05) is 24.3 Å². The second-order valence-electron chi connectivity index (χ2n) is 13.3. The van der Waals surface area contributed by atoms with Gasteiger partial charge in [0.15, 0.2) is 5.82 Å². The van der Waals surface area contributed by atoms with Gasteiger partial charge in [-0.15, -0.1) is 0 Å². The predicted octanol–water partition coefficient (Wildman–Crippen LogP) is 4.47. The van der Waals surface area contributed by atoms with Gasteiger partial charge in [-0.2, -0.15) is 15.1 Å². The SMILES string of the molecule is O=C1NCC2(CCCN(c3nc(OC[C@@]45CCCN4C[C@H](F)C5)nc4c(F)c(-c5c6ccccc6cc6[nH]ncc56)ncc34)C2)N1. The molecule has 4 saturated heterocycles. The highest BCUT2D eigenvalue weighted by Crippen LogP contribution is 2.42. The molecular formula is C33H33F2N9O2. The fraction of sp³-hybridized carbons (Fsp3) is 0.424. The third-order valence-electron chi connectivity index (χ3n) is 10.4. The number of anilines is 1. The molecule has 4 aliphatic rings. The number of aromatic nitrogens is 5. The summed E-state index contributed by atoms with van der Waals surface area (Å²) in [5, 5.41) is 16.2. The highest BCUT2D eigenvalue weighted by atomic mass is 19.1. The number of nitrogens with one attached hydrogen (secondary N) is 3. The normalized spacial score (nSPS) is 26.3. The molecule has 7 heterocycles. The molecule has 0 aliphatic carbocycles. The first-order valence-corrected chi connectivity index (χ1v) is 15.9. The first kappa shape index (κ1) is 27.6. The first-order chi connectivity index (χ1) is 22.4. The first-order valence-electron chi connectivity index (χ1n) is 15.9. The van der Waals surface area contributed by atoms with Crippen LogP contribution < -0.4 is 20.3 Å². The lowest BCUT2D eigenvalue weighted by Gasteiger charge is -2.40. The van der Waals surface area contributed by atoms with Gasteiger partial charge in [-0.05, 0) is 49.1 Å². The number of aromatic amines is 1. The molecule has 5 aromatic rings. The molecule has 46 heavy (non-hydrogen) atoms. The quantitative estimate of drug-likeness (QED) is 0.262. The number of H-pyrrole nitrogens is 1. The minimum Gasteiger partial charge on any atom is -0.461 e. The van der Waals surface area contributed by atoms with Crippen LogP contribution in [0.25, 0.3) is 43.8 Å². The number of hydrogen-bond acceptors (Lipinski definition) is 8. The Hall–Kier alpha value is -4.65. The number of amides is 2. The zero-order valence-corrected chi connectivity index (χ0v) is 25.2. The number of halogens is 2. The van der Waals surface area contributed by atoms with E-state index >= 15 is 4.39 Å². The third kappa shape index (κ3) is 4.28. The van der Waals surface area contributed by atoms with E-state index in [0.717, 1.165) is 53.9 Å². The van der Waals surface area contributed by atoms with Crippen LogP contribution in [0.15, 0.2) is 42.7 Å². The number of carbonyl (C=O) groups is 1. The lowest BCUT2D eigenvalue weighted by molar-refractivity contribution is 0.107. The van der Waals surface area contributed by atoms with Gasteiger partial charge < -0.3 is 20.3 Å². The molecular weight excluding hydrogens is 592 g/mol.